The Labute approximate surface area is 216 Å². The van der Waals surface area contributed by atoms with E-state index in [9.17, 15) is 18.4 Å². The van der Waals surface area contributed by atoms with Crippen molar-refractivity contribution in [2.75, 3.05) is 13.1 Å². The van der Waals surface area contributed by atoms with Crippen molar-refractivity contribution in [3.05, 3.63) is 89.5 Å². The van der Waals surface area contributed by atoms with Crippen molar-refractivity contribution in [2.24, 2.45) is 5.73 Å². The molecule has 1 atom stereocenters. The lowest BCUT2D eigenvalue weighted by molar-refractivity contribution is -0.143. The third-order valence-electron chi connectivity index (χ3n) is 7.28. The number of hydrogen-bond acceptors (Lipinski definition) is 3. The van der Waals surface area contributed by atoms with Gasteiger partial charge in [0.05, 0.1) is 12.0 Å². The first-order chi connectivity index (χ1) is 17.8. The van der Waals surface area contributed by atoms with E-state index < -0.39 is 23.6 Å². The Balaban J connectivity index is 1.56. The third-order valence-corrected chi connectivity index (χ3v) is 7.28. The second kappa shape index (κ2) is 11.7. The molecule has 4 rings (SSSR count). The van der Waals surface area contributed by atoms with E-state index in [1.807, 2.05) is 23.1 Å². The largest absolute Gasteiger partial charge is 0.370 e. The van der Waals surface area contributed by atoms with Crippen LogP contribution in [0, 0.1) is 11.6 Å². The van der Waals surface area contributed by atoms with Gasteiger partial charge in [0.2, 0.25) is 11.8 Å². The Bertz CT molecular complexity index is 1220. The number of aryl methyl sites for hydroxylation is 1. The maximum absolute atomic E-state index is 14.0. The first kappa shape index (κ1) is 26.5. The summed E-state index contributed by atoms with van der Waals surface area (Å²) in [6.07, 6.45) is 8.37. The van der Waals surface area contributed by atoms with Gasteiger partial charge < -0.3 is 15.2 Å². The molecule has 196 valence electrons. The minimum Gasteiger partial charge on any atom is -0.370 e. The summed E-state index contributed by atoms with van der Waals surface area (Å²) in [5, 5.41) is 0. The molecule has 1 fully saturated rings. The molecule has 1 saturated heterocycles. The Morgan fingerprint density at radius 2 is 1.84 bits per heavy atom. The van der Waals surface area contributed by atoms with Gasteiger partial charge in [-0.2, -0.15) is 0 Å². The number of rotatable bonds is 12. The second-order valence-corrected chi connectivity index (χ2v) is 10.0. The fraction of sp³-hybridized carbons (Fsp3) is 0.414. The lowest BCUT2D eigenvalue weighted by Crippen LogP contribution is -2.62. The molecule has 1 aliphatic heterocycles. The lowest BCUT2D eigenvalue weighted by Gasteiger charge is -2.52. The van der Waals surface area contributed by atoms with Crippen LogP contribution < -0.4 is 5.73 Å². The van der Waals surface area contributed by atoms with Crippen LogP contribution in [-0.4, -0.2) is 39.4 Å². The van der Waals surface area contributed by atoms with Gasteiger partial charge in [-0.1, -0.05) is 62.6 Å². The zero-order valence-electron chi connectivity index (χ0n) is 21.2. The van der Waals surface area contributed by atoms with Gasteiger partial charge in [-0.15, -0.1) is 0 Å². The molecular formula is C29H34F2N4O2. The molecule has 2 amide bonds. The van der Waals surface area contributed by atoms with Crippen LogP contribution in [0.1, 0.15) is 61.9 Å². The predicted octanol–water partition coefficient (Wildman–Crippen LogP) is 4.72. The van der Waals surface area contributed by atoms with Crippen molar-refractivity contribution in [2.45, 2.75) is 63.3 Å². The van der Waals surface area contributed by atoms with E-state index in [1.165, 1.54) is 11.6 Å². The average Bonchev–Trinajstić information content (AvgIpc) is 3.34. The number of halogens is 2. The first-order valence-electron chi connectivity index (χ1n) is 12.9. The fourth-order valence-electron chi connectivity index (χ4n) is 5.18. The quantitative estimate of drug-likeness (QED) is 0.360. The summed E-state index contributed by atoms with van der Waals surface area (Å²) >= 11 is 0. The van der Waals surface area contributed by atoms with Crippen LogP contribution in [-0.2, 0) is 27.8 Å². The van der Waals surface area contributed by atoms with Crippen LogP contribution in [0.25, 0.3) is 0 Å². The molecule has 6 nitrogen and oxygen atoms in total. The number of primary amides is 1. The summed E-state index contributed by atoms with van der Waals surface area (Å²) in [7, 11) is 0. The molecular weight excluding hydrogens is 474 g/mol. The van der Waals surface area contributed by atoms with E-state index in [4.69, 9.17) is 5.73 Å². The van der Waals surface area contributed by atoms with Gasteiger partial charge in [0.15, 0.2) is 11.6 Å². The van der Waals surface area contributed by atoms with Gasteiger partial charge in [0.25, 0.3) is 0 Å². The van der Waals surface area contributed by atoms with E-state index in [0.29, 0.717) is 30.8 Å². The van der Waals surface area contributed by atoms with Crippen molar-refractivity contribution >= 4 is 11.8 Å². The zero-order valence-corrected chi connectivity index (χ0v) is 21.2. The molecule has 2 aromatic carbocycles. The maximum atomic E-state index is 14.0. The van der Waals surface area contributed by atoms with Crippen LogP contribution >= 0.6 is 0 Å². The third kappa shape index (κ3) is 6.24. The van der Waals surface area contributed by atoms with Gasteiger partial charge in [0.1, 0.15) is 6.04 Å². The summed E-state index contributed by atoms with van der Waals surface area (Å²) < 4.78 is 29.2. The number of nitrogens with two attached hydrogens (primary N) is 1. The van der Waals surface area contributed by atoms with Crippen LogP contribution in [0.5, 0.6) is 0 Å². The van der Waals surface area contributed by atoms with Gasteiger partial charge in [-0.3, -0.25) is 9.59 Å². The van der Waals surface area contributed by atoms with Gasteiger partial charge in [-0.05, 0) is 36.1 Å². The monoisotopic (exact) mass is 508 g/mol. The number of carbonyl (C=O) groups excluding carboxylic acids is 2. The van der Waals surface area contributed by atoms with Crippen molar-refractivity contribution in [3.8, 4) is 0 Å². The van der Waals surface area contributed by atoms with Gasteiger partial charge in [0, 0.05) is 37.5 Å². The number of aromatic nitrogens is 2. The minimum absolute atomic E-state index is 0.0831. The molecule has 0 unspecified atom stereocenters. The normalized spacial score (nSPS) is 15.3. The van der Waals surface area contributed by atoms with Crippen LogP contribution in [0.4, 0.5) is 8.78 Å². The Hall–Kier alpha value is -3.55. The predicted molar refractivity (Wildman–Crippen MR) is 138 cm³/mol. The van der Waals surface area contributed by atoms with E-state index in [1.54, 1.807) is 17.1 Å². The number of benzene rings is 2. The van der Waals surface area contributed by atoms with Crippen molar-refractivity contribution < 1.29 is 18.4 Å². The Morgan fingerprint density at radius 1 is 1.08 bits per heavy atom. The molecule has 3 aromatic rings. The lowest BCUT2D eigenvalue weighted by atomic mass is 9.70. The molecule has 1 aliphatic rings. The Kier molecular flexibility index (Phi) is 8.36. The van der Waals surface area contributed by atoms with Crippen LogP contribution in [0.2, 0.25) is 0 Å². The summed E-state index contributed by atoms with van der Waals surface area (Å²) in [6.45, 7) is 3.39. The molecule has 0 bridgehead atoms. The summed E-state index contributed by atoms with van der Waals surface area (Å²) in [5.41, 5.74) is 7.58. The van der Waals surface area contributed by atoms with Crippen molar-refractivity contribution in [1.82, 2.24) is 14.5 Å². The minimum atomic E-state index is -0.945. The van der Waals surface area contributed by atoms with Crippen molar-refractivity contribution in [3.63, 3.8) is 0 Å². The van der Waals surface area contributed by atoms with Crippen molar-refractivity contribution in [1.29, 1.82) is 0 Å². The van der Waals surface area contributed by atoms with E-state index in [0.717, 1.165) is 37.8 Å². The number of hydrogen-bond donors (Lipinski definition) is 1. The number of unbranched alkanes of at least 4 members (excludes halogenated alkanes) is 2. The molecule has 2 N–H and O–H groups in total. The highest BCUT2D eigenvalue weighted by molar-refractivity contribution is 5.82. The Morgan fingerprint density at radius 3 is 2.51 bits per heavy atom. The number of carbonyl (C=O) groups is 2. The SMILES string of the molecule is CCCCCC1(c2ccccc2)CN(C(=O)[C@@H](Cc2ccc(F)c(F)c2)n2cnc(CCC(N)=O)c2)C1. The average molecular weight is 509 g/mol. The molecule has 0 spiro atoms. The van der Waals surface area contributed by atoms with Crippen LogP contribution in [0.15, 0.2) is 61.1 Å². The fourth-order valence-corrected chi connectivity index (χ4v) is 5.18. The first-order valence-corrected chi connectivity index (χ1v) is 12.9. The van der Waals surface area contributed by atoms with Gasteiger partial charge in [-0.25, -0.2) is 13.8 Å². The highest BCUT2D eigenvalue weighted by Gasteiger charge is 2.47. The van der Waals surface area contributed by atoms with Gasteiger partial charge >= 0.3 is 0 Å². The number of likely N-dealkylation sites (tertiary alicyclic amines) is 1. The highest BCUT2D eigenvalue weighted by Crippen LogP contribution is 2.40. The zero-order chi connectivity index (χ0) is 26.4. The highest BCUT2D eigenvalue weighted by atomic mass is 19.2. The summed E-state index contributed by atoms with van der Waals surface area (Å²) in [6, 6.07) is 13.4. The second-order valence-electron chi connectivity index (χ2n) is 10.0. The van der Waals surface area contributed by atoms with Crippen LogP contribution in [0.3, 0.4) is 0 Å². The molecule has 0 saturated carbocycles. The smallest absolute Gasteiger partial charge is 0.246 e. The molecule has 1 aromatic heterocycles. The molecule has 2 heterocycles. The number of nitrogens with zero attached hydrogens (tertiary/aromatic N) is 3. The number of imidazole rings is 1. The molecule has 8 heteroatoms. The topological polar surface area (TPSA) is 81.2 Å². The summed E-state index contributed by atoms with van der Waals surface area (Å²) in [4.78, 5) is 31.2. The number of amides is 2. The van der Waals surface area contributed by atoms with E-state index >= 15 is 0 Å². The molecule has 37 heavy (non-hydrogen) atoms. The summed E-state index contributed by atoms with van der Waals surface area (Å²) in [5.74, 6) is -2.39. The maximum Gasteiger partial charge on any atom is 0.246 e. The van der Waals surface area contributed by atoms with E-state index in [-0.39, 0.29) is 24.2 Å². The molecule has 0 radical (unpaired) electrons. The molecule has 0 aliphatic carbocycles. The standard InChI is InChI=1S/C29H34F2N4O2/c1-2-3-7-14-29(22-8-5-4-6-9-22)18-35(19-29)28(37)26(16-21-10-12-24(30)25(31)15-21)34-17-23(33-20-34)11-13-27(32)36/h4-6,8-10,12,15,17,20,26H,2-3,7,11,13-14,16,18-19H2,1H3,(H2,32,36)/t26-/m1/s1. The van der Waals surface area contributed by atoms with E-state index in [2.05, 4.69) is 24.0 Å².